The fourth-order valence-corrected chi connectivity index (χ4v) is 3.14. The Labute approximate surface area is 158 Å². The number of hydrogen-bond donors (Lipinski definition) is 2. The van der Waals surface area contributed by atoms with Crippen molar-refractivity contribution < 1.29 is 9.90 Å². The number of H-pyrrole nitrogens is 1. The third-order valence-electron chi connectivity index (χ3n) is 4.29. The van der Waals surface area contributed by atoms with E-state index >= 15 is 0 Å². The highest BCUT2D eigenvalue weighted by molar-refractivity contribution is 6.31. The molecule has 0 atom stereocenters. The number of aromatic carboxylic acids is 1. The minimum Gasteiger partial charge on any atom is -0.478 e. The standard InChI is InChI=1S/C21H13ClN2O3/c22-14-9-10-15(21(26)27)17(11-14)12-5-7-13(8-6-12)19-23-18-4-2-1-3-16(18)20(25)24-19/h1-11H,(H,26,27)(H,23,24,25). The molecular weight excluding hydrogens is 364 g/mol. The maximum atomic E-state index is 12.2. The summed E-state index contributed by atoms with van der Waals surface area (Å²) in [4.78, 5) is 31.0. The molecule has 0 saturated carbocycles. The molecule has 3 aromatic carbocycles. The van der Waals surface area contributed by atoms with E-state index in [1.807, 2.05) is 6.07 Å². The zero-order valence-corrected chi connectivity index (χ0v) is 14.7. The van der Waals surface area contributed by atoms with Gasteiger partial charge in [0, 0.05) is 10.6 Å². The Bertz CT molecular complexity index is 1230. The lowest BCUT2D eigenvalue weighted by atomic mass is 9.98. The van der Waals surface area contributed by atoms with Crippen molar-refractivity contribution in [1.29, 1.82) is 0 Å². The van der Waals surface area contributed by atoms with Crippen LogP contribution in [0.25, 0.3) is 33.4 Å². The number of aromatic amines is 1. The van der Waals surface area contributed by atoms with Crippen LogP contribution in [0.1, 0.15) is 10.4 Å². The molecular formula is C21H13ClN2O3. The number of carboxylic acid groups (broad SMARTS) is 1. The number of hydrogen-bond acceptors (Lipinski definition) is 3. The Morgan fingerprint density at radius 3 is 2.41 bits per heavy atom. The van der Waals surface area contributed by atoms with Crippen LogP contribution in [0, 0.1) is 0 Å². The Hall–Kier alpha value is -3.44. The Kier molecular flexibility index (Phi) is 4.22. The second-order valence-electron chi connectivity index (χ2n) is 6.00. The molecule has 4 aromatic rings. The Morgan fingerprint density at radius 2 is 1.67 bits per heavy atom. The first kappa shape index (κ1) is 17.0. The van der Waals surface area contributed by atoms with Gasteiger partial charge in [0.15, 0.2) is 0 Å². The van der Waals surface area contributed by atoms with Gasteiger partial charge in [-0.1, -0.05) is 48.0 Å². The lowest BCUT2D eigenvalue weighted by molar-refractivity contribution is 0.0697. The van der Waals surface area contributed by atoms with Gasteiger partial charge in [0.2, 0.25) is 0 Å². The normalized spacial score (nSPS) is 10.9. The number of nitrogens with one attached hydrogen (secondary N) is 1. The molecule has 0 bridgehead atoms. The molecule has 132 valence electrons. The predicted molar refractivity (Wildman–Crippen MR) is 105 cm³/mol. The van der Waals surface area contributed by atoms with E-state index in [4.69, 9.17) is 11.6 Å². The van der Waals surface area contributed by atoms with Crippen LogP contribution in [-0.4, -0.2) is 21.0 Å². The molecule has 4 rings (SSSR count). The lowest BCUT2D eigenvalue weighted by Gasteiger charge is -2.08. The first-order valence-corrected chi connectivity index (χ1v) is 8.53. The zero-order valence-electron chi connectivity index (χ0n) is 13.9. The molecule has 0 aliphatic heterocycles. The maximum Gasteiger partial charge on any atom is 0.336 e. The minimum atomic E-state index is -1.02. The van der Waals surface area contributed by atoms with Gasteiger partial charge in [-0.2, -0.15) is 0 Å². The zero-order chi connectivity index (χ0) is 19.0. The van der Waals surface area contributed by atoms with Gasteiger partial charge in [-0.05, 0) is 41.5 Å². The van der Waals surface area contributed by atoms with Gasteiger partial charge in [-0.15, -0.1) is 0 Å². The summed E-state index contributed by atoms with van der Waals surface area (Å²) in [5.41, 5.74) is 2.54. The molecule has 0 aliphatic rings. The number of fused-ring (bicyclic) bond motifs is 1. The molecule has 0 unspecified atom stereocenters. The molecule has 0 fully saturated rings. The minimum absolute atomic E-state index is 0.171. The highest BCUT2D eigenvalue weighted by atomic mass is 35.5. The van der Waals surface area contributed by atoms with Crippen LogP contribution < -0.4 is 5.56 Å². The summed E-state index contributed by atoms with van der Waals surface area (Å²) in [5.74, 6) is -0.568. The van der Waals surface area contributed by atoms with E-state index in [1.54, 1.807) is 54.6 Å². The van der Waals surface area contributed by atoms with Gasteiger partial charge < -0.3 is 10.1 Å². The summed E-state index contributed by atoms with van der Waals surface area (Å²) in [6.07, 6.45) is 0. The van der Waals surface area contributed by atoms with Crippen LogP contribution in [0.2, 0.25) is 5.02 Å². The van der Waals surface area contributed by atoms with Crippen LogP contribution in [0.4, 0.5) is 0 Å². The Balaban J connectivity index is 1.79. The van der Waals surface area contributed by atoms with Crippen molar-refractivity contribution in [3.63, 3.8) is 0 Å². The monoisotopic (exact) mass is 376 g/mol. The van der Waals surface area contributed by atoms with Crippen molar-refractivity contribution in [3.8, 4) is 22.5 Å². The first-order chi connectivity index (χ1) is 13.0. The SMILES string of the molecule is O=C(O)c1ccc(Cl)cc1-c1ccc(-c2nc3ccccc3c(=O)[nH]2)cc1. The number of halogens is 1. The van der Waals surface area contributed by atoms with Gasteiger partial charge in [0.25, 0.3) is 5.56 Å². The van der Waals surface area contributed by atoms with Crippen LogP contribution in [0.15, 0.2) is 71.5 Å². The predicted octanol–water partition coefficient (Wildman–Crippen LogP) is 4.61. The molecule has 0 amide bonds. The summed E-state index contributed by atoms with van der Waals surface area (Å²) in [5, 5.41) is 10.4. The highest BCUT2D eigenvalue weighted by Crippen LogP contribution is 2.29. The molecule has 1 heterocycles. The molecule has 27 heavy (non-hydrogen) atoms. The largest absolute Gasteiger partial charge is 0.478 e. The van der Waals surface area contributed by atoms with E-state index in [0.29, 0.717) is 32.9 Å². The second-order valence-corrected chi connectivity index (χ2v) is 6.44. The van der Waals surface area contributed by atoms with Crippen molar-refractivity contribution in [2.24, 2.45) is 0 Å². The molecule has 2 N–H and O–H groups in total. The van der Waals surface area contributed by atoms with Crippen LogP contribution in [0.3, 0.4) is 0 Å². The summed E-state index contributed by atoms with van der Waals surface area (Å²) in [6, 6.07) is 18.9. The van der Waals surface area contributed by atoms with Crippen molar-refractivity contribution in [2.75, 3.05) is 0 Å². The van der Waals surface area contributed by atoms with Crippen LogP contribution >= 0.6 is 11.6 Å². The van der Waals surface area contributed by atoms with Crippen LogP contribution in [-0.2, 0) is 0 Å². The summed E-state index contributed by atoms with van der Waals surface area (Å²) in [7, 11) is 0. The smallest absolute Gasteiger partial charge is 0.336 e. The molecule has 6 heteroatoms. The third-order valence-corrected chi connectivity index (χ3v) is 4.53. The van der Waals surface area contributed by atoms with E-state index in [2.05, 4.69) is 9.97 Å². The average molecular weight is 377 g/mol. The molecule has 0 spiro atoms. The number of rotatable bonds is 3. The summed E-state index contributed by atoms with van der Waals surface area (Å²) >= 11 is 6.03. The summed E-state index contributed by atoms with van der Waals surface area (Å²) in [6.45, 7) is 0. The third kappa shape index (κ3) is 3.20. The summed E-state index contributed by atoms with van der Waals surface area (Å²) < 4.78 is 0. The Morgan fingerprint density at radius 1 is 0.963 bits per heavy atom. The van der Waals surface area contributed by atoms with Gasteiger partial charge >= 0.3 is 5.97 Å². The van der Waals surface area contributed by atoms with Gasteiger partial charge in [0.05, 0.1) is 16.5 Å². The van der Waals surface area contributed by atoms with Crippen molar-refractivity contribution in [1.82, 2.24) is 9.97 Å². The first-order valence-electron chi connectivity index (χ1n) is 8.15. The average Bonchev–Trinajstić information content (AvgIpc) is 2.68. The van der Waals surface area contributed by atoms with Crippen molar-refractivity contribution in [3.05, 3.63) is 87.7 Å². The van der Waals surface area contributed by atoms with Gasteiger partial charge in [0.1, 0.15) is 5.82 Å². The molecule has 0 saturated heterocycles. The number of benzene rings is 3. The fraction of sp³-hybridized carbons (Fsp3) is 0. The highest BCUT2D eigenvalue weighted by Gasteiger charge is 2.13. The van der Waals surface area contributed by atoms with E-state index in [-0.39, 0.29) is 11.1 Å². The number of para-hydroxylation sites is 1. The maximum absolute atomic E-state index is 12.2. The fourth-order valence-electron chi connectivity index (χ4n) is 2.97. The quantitative estimate of drug-likeness (QED) is 0.547. The molecule has 1 aromatic heterocycles. The molecule has 0 radical (unpaired) electrons. The van der Waals surface area contributed by atoms with E-state index in [9.17, 15) is 14.7 Å². The second kappa shape index (κ2) is 6.70. The lowest BCUT2D eigenvalue weighted by Crippen LogP contribution is -2.09. The number of carbonyl (C=O) groups is 1. The number of carboxylic acids is 1. The van der Waals surface area contributed by atoms with E-state index in [0.717, 1.165) is 5.56 Å². The van der Waals surface area contributed by atoms with E-state index < -0.39 is 5.97 Å². The van der Waals surface area contributed by atoms with Gasteiger partial charge in [-0.25, -0.2) is 9.78 Å². The topological polar surface area (TPSA) is 83.0 Å². The number of nitrogens with zero attached hydrogens (tertiary/aromatic N) is 1. The molecule has 0 aliphatic carbocycles. The number of aromatic nitrogens is 2. The molecule has 5 nitrogen and oxygen atoms in total. The van der Waals surface area contributed by atoms with Gasteiger partial charge in [-0.3, -0.25) is 4.79 Å². The van der Waals surface area contributed by atoms with Crippen molar-refractivity contribution >= 4 is 28.5 Å². The van der Waals surface area contributed by atoms with Crippen molar-refractivity contribution in [2.45, 2.75) is 0 Å². The van der Waals surface area contributed by atoms with Crippen LogP contribution in [0.5, 0.6) is 0 Å². The van der Waals surface area contributed by atoms with E-state index in [1.165, 1.54) is 6.07 Å².